The molecular formula is C12H9F3N2OS. The first-order valence-corrected chi connectivity index (χ1v) is 6.15. The normalized spacial score (nSPS) is 11.4. The summed E-state index contributed by atoms with van der Waals surface area (Å²) in [5.74, 6) is -0.516. The number of alkyl halides is 3. The predicted octanol–water partition coefficient (Wildman–Crippen LogP) is 3.72. The molecule has 1 amide bonds. The summed E-state index contributed by atoms with van der Waals surface area (Å²) in [6, 6.07) is 4.47. The number of hydrogen-bond acceptors (Lipinski definition) is 3. The summed E-state index contributed by atoms with van der Waals surface area (Å²) < 4.78 is 37.5. The molecule has 2 aromatic rings. The lowest BCUT2D eigenvalue weighted by Crippen LogP contribution is -2.13. The van der Waals surface area contributed by atoms with E-state index in [-0.39, 0.29) is 10.7 Å². The minimum Gasteiger partial charge on any atom is -0.320 e. The molecule has 0 saturated heterocycles. The Morgan fingerprint density at radius 2 is 2.11 bits per heavy atom. The molecule has 0 fully saturated rings. The van der Waals surface area contributed by atoms with Gasteiger partial charge in [0.2, 0.25) is 0 Å². The van der Waals surface area contributed by atoms with Crippen molar-refractivity contribution in [2.24, 2.45) is 0 Å². The number of anilines is 1. The third-order valence-corrected chi connectivity index (χ3v) is 3.22. The minimum absolute atomic E-state index is 0.0904. The van der Waals surface area contributed by atoms with Crippen LogP contribution in [0.1, 0.15) is 21.1 Å². The number of benzene rings is 1. The fraction of sp³-hybridized carbons (Fsp3) is 0.167. The smallest absolute Gasteiger partial charge is 0.320 e. The zero-order valence-corrected chi connectivity index (χ0v) is 10.6. The zero-order chi connectivity index (χ0) is 14.0. The van der Waals surface area contributed by atoms with Gasteiger partial charge in [-0.25, -0.2) is 4.98 Å². The van der Waals surface area contributed by atoms with Crippen molar-refractivity contribution in [1.82, 2.24) is 4.98 Å². The van der Waals surface area contributed by atoms with Crippen molar-refractivity contribution in [3.05, 3.63) is 45.9 Å². The first kappa shape index (κ1) is 13.5. The van der Waals surface area contributed by atoms with Crippen molar-refractivity contribution in [2.45, 2.75) is 13.1 Å². The Kier molecular flexibility index (Phi) is 3.57. The van der Waals surface area contributed by atoms with E-state index in [9.17, 15) is 18.0 Å². The van der Waals surface area contributed by atoms with Crippen LogP contribution in [-0.4, -0.2) is 10.9 Å². The van der Waals surface area contributed by atoms with Crippen molar-refractivity contribution in [3.63, 3.8) is 0 Å². The van der Waals surface area contributed by atoms with Crippen LogP contribution in [0.4, 0.5) is 18.9 Å². The molecular weight excluding hydrogens is 277 g/mol. The first-order chi connectivity index (χ1) is 8.86. The molecule has 0 spiro atoms. The minimum atomic E-state index is -4.43. The summed E-state index contributed by atoms with van der Waals surface area (Å²) in [5.41, 5.74) is -0.0208. The summed E-state index contributed by atoms with van der Waals surface area (Å²) in [7, 11) is 0. The number of aromatic nitrogens is 1. The topological polar surface area (TPSA) is 42.0 Å². The van der Waals surface area contributed by atoms with Crippen LogP contribution >= 0.6 is 11.3 Å². The van der Waals surface area contributed by atoms with E-state index >= 15 is 0 Å². The highest BCUT2D eigenvalue weighted by Crippen LogP contribution is 2.30. The van der Waals surface area contributed by atoms with E-state index in [1.165, 1.54) is 12.1 Å². The van der Waals surface area contributed by atoms with E-state index in [2.05, 4.69) is 10.3 Å². The van der Waals surface area contributed by atoms with Gasteiger partial charge < -0.3 is 5.32 Å². The Bertz CT molecular complexity index is 607. The van der Waals surface area contributed by atoms with E-state index in [4.69, 9.17) is 0 Å². The van der Waals surface area contributed by atoms with Gasteiger partial charge in [-0.05, 0) is 25.1 Å². The molecule has 7 heteroatoms. The monoisotopic (exact) mass is 286 g/mol. The van der Waals surface area contributed by atoms with Gasteiger partial charge in [-0.2, -0.15) is 13.2 Å². The summed E-state index contributed by atoms with van der Waals surface area (Å²) >= 11 is 1.14. The Morgan fingerprint density at radius 1 is 1.37 bits per heavy atom. The molecule has 0 bridgehead atoms. The van der Waals surface area contributed by atoms with Crippen molar-refractivity contribution < 1.29 is 18.0 Å². The lowest BCUT2D eigenvalue weighted by molar-refractivity contribution is -0.137. The molecule has 0 aliphatic carbocycles. The number of nitrogens with one attached hydrogen (secondary N) is 1. The molecule has 3 nitrogen and oxygen atoms in total. The van der Waals surface area contributed by atoms with Gasteiger partial charge in [0.05, 0.1) is 5.56 Å². The van der Waals surface area contributed by atoms with Gasteiger partial charge in [-0.15, -0.1) is 11.3 Å². The van der Waals surface area contributed by atoms with Crippen LogP contribution in [0.5, 0.6) is 0 Å². The van der Waals surface area contributed by atoms with Crippen LogP contribution in [0.3, 0.4) is 0 Å². The van der Waals surface area contributed by atoms with Gasteiger partial charge in [0.1, 0.15) is 0 Å². The number of nitrogens with zero attached hydrogens (tertiary/aromatic N) is 1. The number of halogens is 3. The first-order valence-electron chi connectivity index (χ1n) is 5.27. The Balaban J connectivity index is 2.18. The van der Waals surface area contributed by atoms with Gasteiger partial charge in [0.15, 0.2) is 5.01 Å². The SMILES string of the molecule is Cc1csc(C(=O)Nc2cccc(C(F)(F)F)c2)n1. The fourth-order valence-electron chi connectivity index (χ4n) is 1.42. The molecule has 0 aliphatic heterocycles. The van der Waals surface area contributed by atoms with Crippen LogP contribution in [0.2, 0.25) is 0 Å². The third-order valence-electron chi connectivity index (χ3n) is 2.26. The zero-order valence-electron chi connectivity index (χ0n) is 9.78. The van der Waals surface area contributed by atoms with E-state index in [1.807, 2.05) is 0 Å². The average Bonchev–Trinajstić information content (AvgIpc) is 2.75. The Labute approximate surface area is 111 Å². The molecule has 100 valence electrons. The summed E-state index contributed by atoms with van der Waals surface area (Å²) in [6.45, 7) is 1.73. The largest absolute Gasteiger partial charge is 0.416 e. The van der Waals surface area contributed by atoms with Gasteiger partial charge in [-0.3, -0.25) is 4.79 Å². The van der Waals surface area contributed by atoms with Crippen LogP contribution in [-0.2, 0) is 6.18 Å². The molecule has 19 heavy (non-hydrogen) atoms. The Hall–Kier alpha value is -1.89. The lowest BCUT2D eigenvalue weighted by Gasteiger charge is -2.09. The predicted molar refractivity (Wildman–Crippen MR) is 66.2 cm³/mol. The van der Waals surface area contributed by atoms with Crippen LogP contribution < -0.4 is 5.32 Å². The average molecular weight is 286 g/mol. The number of thiazole rings is 1. The second-order valence-corrected chi connectivity index (χ2v) is 4.68. The molecule has 0 atom stereocenters. The van der Waals surface area contributed by atoms with Gasteiger partial charge >= 0.3 is 6.18 Å². The number of hydrogen-bond donors (Lipinski definition) is 1. The van der Waals surface area contributed by atoms with E-state index in [1.54, 1.807) is 12.3 Å². The van der Waals surface area contributed by atoms with Crippen LogP contribution in [0.15, 0.2) is 29.6 Å². The standard InChI is InChI=1S/C12H9F3N2OS/c1-7-6-19-11(16-7)10(18)17-9-4-2-3-8(5-9)12(13,14)15/h2-6H,1H3,(H,17,18). The van der Waals surface area contributed by atoms with Crippen molar-refractivity contribution in [3.8, 4) is 0 Å². The maximum atomic E-state index is 12.5. The maximum Gasteiger partial charge on any atom is 0.416 e. The maximum absolute atomic E-state index is 12.5. The summed E-state index contributed by atoms with van der Waals surface area (Å²) in [6.07, 6.45) is -4.43. The van der Waals surface area contributed by atoms with Gasteiger partial charge in [0, 0.05) is 16.8 Å². The van der Waals surface area contributed by atoms with Crippen molar-refractivity contribution in [2.75, 3.05) is 5.32 Å². The molecule has 1 heterocycles. The van der Waals surface area contributed by atoms with Gasteiger partial charge in [0.25, 0.3) is 5.91 Å². The lowest BCUT2D eigenvalue weighted by atomic mass is 10.2. The number of carbonyl (C=O) groups excluding carboxylic acids is 1. The molecule has 2 rings (SSSR count). The molecule has 0 radical (unpaired) electrons. The second kappa shape index (κ2) is 5.00. The summed E-state index contributed by atoms with van der Waals surface area (Å²) in [4.78, 5) is 15.7. The quantitative estimate of drug-likeness (QED) is 0.914. The number of rotatable bonds is 2. The van der Waals surface area contributed by atoms with E-state index < -0.39 is 17.6 Å². The van der Waals surface area contributed by atoms with Crippen molar-refractivity contribution >= 4 is 22.9 Å². The van der Waals surface area contributed by atoms with Crippen molar-refractivity contribution in [1.29, 1.82) is 0 Å². The highest BCUT2D eigenvalue weighted by Gasteiger charge is 2.30. The molecule has 0 saturated carbocycles. The second-order valence-electron chi connectivity index (χ2n) is 3.83. The highest BCUT2D eigenvalue weighted by molar-refractivity contribution is 7.11. The highest BCUT2D eigenvalue weighted by atomic mass is 32.1. The van der Waals surface area contributed by atoms with Crippen LogP contribution in [0.25, 0.3) is 0 Å². The molecule has 1 aromatic carbocycles. The number of carbonyl (C=O) groups is 1. The van der Waals surface area contributed by atoms with Gasteiger partial charge in [-0.1, -0.05) is 6.07 Å². The third kappa shape index (κ3) is 3.31. The molecule has 1 aromatic heterocycles. The summed E-state index contributed by atoms with van der Waals surface area (Å²) in [5, 5.41) is 4.31. The molecule has 0 aliphatic rings. The molecule has 1 N–H and O–H groups in total. The van der Waals surface area contributed by atoms with Crippen LogP contribution in [0, 0.1) is 6.92 Å². The van der Waals surface area contributed by atoms with E-state index in [0.717, 1.165) is 23.5 Å². The number of aryl methyl sites for hydroxylation is 1. The van der Waals surface area contributed by atoms with E-state index in [0.29, 0.717) is 5.69 Å². The fourth-order valence-corrected chi connectivity index (χ4v) is 2.11. The Morgan fingerprint density at radius 3 is 2.68 bits per heavy atom. The molecule has 0 unspecified atom stereocenters. The number of amides is 1.